The van der Waals surface area contributed by atoms with Crippen molar-refractivity contribution < 1.29 is 9.13 Å². The molecule has 1 aromatic carbocycles. The van der Waals surface area contributed by atoms with Gasteiger partial charge >= 0.3 is 0 Å². The summed E-state index contributed by atoms with van der Waals surface area (Å²) >= 11 is 11.1. The van der Waals surface area contributed by atoms with E-state index in [9.17, 15) is 4.39 Å². The van der Waals surface area contributed by atoms with Crippen molar-refractivity contribution in [2.75, 3.05) is 7.11 Å². The average molecular weight is 336 g/mol. The van der Waals surface area contributed by atoms with Crippen molar-refractivity contribution in [3.63, 3.8) is 0 Å². The maximum absolute atomic E-state index is 13.4. The SMILES string of the molecule is COc1cc(F)c(Br)cc1C(Cl)c1ccsc1. The molecule has 0 bridgehead atoms. The van der Waals surface area contributed by atoms with Crippen LogP contribution < -0.4 is 4.74 Å². The van der Waals surface area contributed by atoms with E-state index in [2.05, 4.69) is 15.9 Å². The third-order valence-corrected chi connectivity index (χ3v) is 4.18. The number of hydrogen-bond donors (Lipinski definition) is 0. The fourth-order valence-electron chi connectivity index (χ4n) is 1.52. The van der Waals surface area contributed by atoms with Crippen LogP contribution in [0.15, 0.2) is 33.4 Å². The smallest absolute Gasteiger partial charge is 0.141 e. The molecule has 1 nitrogen and oxygen atoms in total. The van der Waals surface area contributed by atoms with E-state index in [1.165, 1.54) is 13.2 Å². The van der Waals surface area contributed by atoms with Crippen LogP contribution in [-0.4, -0.2) is 7.11 Å². The van der Waals surface area contributed by atoms with Gasteiger partial charge in [-0.3, -0.25) is 0 Å². The number of benzene rings is 1. The van der Waals surface area contributed by atoms with E-state index in [1.54, 1.807) is 17.4 Å². The van der Waals surface area contributed by atoms with Crippen LogP contribution in [0.2, 0.25) is 0 Å². The van der Waals surface area contributed by atoms with Gasteiger partial charge in [0.2, 0.25) is 0 Å². The van der Waals surface area contributed by atoms with Gasteiger partial charge in [0.25, 0.3) is 0 Å². The number of methoxy groups -OCH3 is 1. The van der Waals surface area contributed by atoms with E-state index in [4.69, 9.17) is 16.3 Å². The summed E-state index contributed by atoms with van der Waals surface area (Å²) in [4.78, 5) is 0. The van der Waals surface area contributed by atoms with Crippen molar-refractivity contribution in [2.24, 2.45) is 0 Å². The van der Waals surface area contributed by atoms with E-state index in [0.717, 1.165) is 11.1 Å². The summed E-state index contributed by atoms with van der Waals surface area (Å²) in [7, 11) is 1.50. The second kappa shape index (κ2) is 5.38. The molecular weight excluding hydrogens is 327 g/mol. The van der Waals surface area contributed by atoms with Gasteiger partial charge in [-0.15, -0.1) is 11.6 Å². The van der Waals surface area contributed by atoms with Crippen molar-refractivity contribution in [1.29, 1.82) is 0 Å². The molecule has 1 atom stereocenters. The Morgan fingerprint density at radius 3 is 2.82 bits per heavy atom. The molecule has 0 aliphatic carbocycles. The lowest BCUT2D eigenvalue weighted by atomic mass is 10.1. The minimum Gasteiger partial charge on any atom is -0.496 e. The average Bonchev–Trinajstić information content (AvgIpc) is 2.84. The summed E-state index contributed by atoms with van der Waals surface area (Å²) < 4.78 is 18.9. The van der Waals surface area contributed by atoms with Crippen LogP contribution in [-0.2, 0) is 0 Å². The maximum atomic E-state index is 13.4. The minimum atomic E-state index is -0.361. The summed E-state index contributed by atoms with van der Waals surface area (Å²) in [5.41, 5.74) is 1.73. The second-order valence-corrected chi connectivity index (χ2v) is 5.50. The minimum absolute atomic E-state index is 0.340. The van der Waals surface area contributed by atoms with Crippen LogP contribution in [0, 0.1) is 5.82 Å². The second-order valence-electron chi connectivity index (χ2n) is 3.43. The summed E-state index contributed by atoms with van der Waals surface area (Å²) in [6.07, 6.45) is 0. The Morgan fingerprint density at radius 2 is 2.24 bits per heavy atom. The highest BCUT2D eigenvalue weighted by atomic mass is 79.9. The number of alkyl halides is 1. The fraction of sp³-hybridized carbons (Fsp3) is 0.167. The molecule has 0 N–H and O–H groups in total. The van der Waals surface area contributed by atoms with Gasteiger partial charge in [-0.1, -0.05) is 0 Å². The first-order chi connectivity index (χ1) is 8.13. The highest BCUT2D eigenvalue weighted by Crippen LogP contribution is 2.38. The molecule has 2 aromatic rings. The first-order valence-electron chi connectivity index (χ1n) is 4.82. The molecule has 5 heteroatoms. The number of ether oxygens (including phenoxy) is 1. The largest absolute Gasteiger partial charge is 0.496 e. The number of hydrogen-bond acceptors (Lipinski definition) is 2. The van der Waals surface area contributed by atoms with Crippen molar-refractivity contribution >= 4 is 38.9 Å². The van der Waals surface area contributed by atoms with E-state index < -0.39 is 0 Å². The van der Waals surface area contributed by atoms with Crippen molar-refractivity contribution in [1.82, 2.24) is 0 Å². The van der Waals surface area contributed by atoms with Gasteiger partial charge in [-0.05, 0) is 44.4 Å². The molecule has 0 spiro atoms. The lowest BCUT2D eigenvalue weighted by Gasteiger charge is -2.14. The Labute approximate surface area is 116 Å². The summed E-state index contributed by atoms with van der Waals surface area (Å²) in [6.45, 7) is 0. The zero-order valence-corrected chi connectivity index (χ0v) is 12.1. The molecule has 0 radical (unpaired) electrons. The standard InChI is InChI=1S/C12H9BrClFOS/c1-16-11-5-10(15)9(13)4-8(11)12(14)7-2-3-17-6-7/h2-6,12H,1H3. The Balaban J connectivity index is 2.47. The first-order valence-corrected chi connectivity index (χ1v) is 6.99. The third kappa shape index (κ3) is 2.64. The predicted molar refractivity (Wildman–Crippen MR) is 72.7 cm³/mol. The number of thiophene rings is 1. The van der Waals surface area contributed by atoms with Crippen molar-refractivity contribution in [3.8, 4) is 5.75 Å². The Hall–Kier alpha value is -0.580. The molecule has 0 saturated heterocycles. The zero-order valence-electron chi connectivity index (χ0n) is 8.91. The van der Waals surface area contributed by atoms with E-state index >= 15 is 0 Å². The molecule has 0 aliphatic heterocycles. The molecule has 0 saturated carbocycles. The third-order valence-electron chi connectivity index (χ3n) is 2.38. The highest BCUT2D eigenvalue weighted by molar-refractivity contribution is 9.10. The zero-order chi connectivity index (χ0) is 12.4. The topological polar surface area (TPSA) is 9.23 Å². The normalized spacial score (nSPS) is 12.5. The monoisotopic (exact) mass is 334 g/mol. The van der Waals surface area contributed by atoms with E-state index in [1.807, 2.05) is 16.8 Å². The van der Waals surface area contributed by atoms with Gasteiger partial charge < -0.3 is 4.74 Å². The lowest BCUT2D eigenvalue weighted by molar-refractivity contribution is 0.406. The highest BCUT2D eigenvalue weighted by Gasteiger charge is 2.18. The summed E-state index contributed by atoms with van der Waals surface area (Å²) in [5, 5.41) is 3.58. The number of rotatable bonds is 3. The van der Waals surface area contributed by atoms with Gasteiger partial charge in [0, 0.05) is 11.6 Å². The maximum Gasteiger partial charge on any atom is 0.141 e. The van der Waals surface area contributed by atoms with Crippen LogP contribution in [0.1, 0.15) is 16.5 Å². The van der Waals surface area contributed by atoms with Gasteiger partial charge in [-0.25, -0.2) is 4.39 Å². The first kappa shape index (κ1) is 12.9. The molecule has 90 valence electrons. The van der Waals surface area contributed by atoms with E-state index in [0.29, 0.717) is 10.2 Å². The Bertz CT molecular complexity index is 515. The molecule has 1 heterocycles. The van der Waals surface area contributed by atoms with Gasteiger partial charge in [0.15, 0.2) is 0 Å². The van der Waals surface area contributed by atoms with Crippen LogP contribution in [0.5, 0.6) is 5.75 Å². The Morgan fingerprint density at radius 1 is 1.47 bits per heavy atom. The lowest BCUT2D eigenvalue weighted by Crippen LogP contribution is -1.98. The van der Waals surface area contributed by atoms with Crippen molar-refractivity contribution in [3.05, 3.63) is 50.4 Å². The molecule has 0 amide bonds. The van der Waals surface area contributed by atoms with Crippen molar-refractivity contribution in [2.45, 2.75) is 5.38 Å². The molecular formula is C12H9BrClFOS. The van der Waals surface area contributed by atoms with Crippen LogP contribution in [0.3, 0.4) is 0 Å². The van der Waals surface area contributed by atoms with Crippen LogP contribution in [0.4, 0.5) is 4.39 Å². The quantitative estimate of drug-likeness (QED) is 0.718. The molecule has 0 fully saturated rings. The van der Waals surface area contributed by atoms with Crippen LogP contribution in [0.25, 0.3) is 0 Å². The van der Waals surface area contributed by atoms with Gasteiger partial charge in [-0.2, -0.15) is 11.3 Å². The molecule has 0 aliphatic rings. The molecule has 2 rings (SSSR count). The fourth-order valence-corrected chi connectivity index (χ4v) is 2.95. The number of halogens is 3. The summed E-state index contributed by atoms with van der Waals surface area (Å²) in [6, 6.07) is 4.93. The van der Waals surface area contributed by atoms with Gasteiger partial charge in [0.1, 0.15) is 11.6 Å². The molecule has 1 unspecified atom stereocenters. The Kier molecular flexibility index (Phi) is 4.07. The summed E-state index contributed by atoms with van der Waals surface area (Å²) in [5.74, 6) is 0.0942. The molecule has 1 aromatic heterocycles. The molecule has 17 heavy (non-hydrogen) atoms. The van der Waals surface area contributed by atoms with E-state index in [-0.39, 0.29) is 11.2 Å². The van der Waals surface area contributed by atoms with Crippen LogP contribution >= 0.6 is 38.9 Å². The predicted octanol–water partition coefficient (Wildman–Crippen LogP) is 4.99. The van der Waals surface area contributed by atoms with Gasteiger partial charge in [0.05, 0.1) is 17.0 Å².